The van der Waals surface area contributed by atoms with Crippen LogP contribution in [-0.4, -0.2) is 24.6 Å². The van der Waals surface area contributed by atoms with Gasteiger partial charge >= 0.3 is 0 Å². The van der Waals surface area contributed by atoms with Crippen LogP contribution in [0, 0.1) is 5.92 Å². The zero-order chi connectivity index (χ0) is 10.8. The lowest BCUT2D eigenvalue weighted by molar-refractivity contribution is 0.632. The number of rotatable bonds is 9. The van der Waals surface area contributed by atoms with Crippen molar-refractivity contribution in [2.24, 2.45) is 5.92 Å². The van der Waals surface area contributed by atoms with E-state index in [-0.39, 0.29) is 0 Å². The molecule has 84 valence electrons. The van der Waals surface area contributed by atoms with Gasteiger partial charge in [0.05, 0.1) is 0 Å². The normalized spacial score (nSPS) is 10.9. The van der Waals surface area contributed by atoms with Crippen molar-refractivity contribution in [1.82, 2.24) is 5.32 Å². The SMILES string of the molecule is C=C(CNCCC)CSCCC(C)C. The number of hydrogen-bond donors (Lipinski definition) is 1. The van der Waals surface area contributed by atoms with Crippen LogP contribution in [0.25, 0.3) is 0 Å². The highest BCUT2D eigenvalue weighted by Crippen LogP contribution is 2.11. The van der Waals surface area contributed by atoms with E-state index in [1.54, 1.807) is 0 Å². The first-order chi connectivity index (χ1) is 6.66. The fourth-order valence-corrected chi connectivity index (χ4v) is 2.20. The van der Waals surface area contributed by atoms with Gasteiger partial charge in [-0.25, -0.2) is 0 Å². The molecule has 0 heterocycles. The molecule has 0 aromatic carbocycles. The molecule has 0 spiro atoms. The number of nitrogens with one attached hydrogen (secondary N) is 1. The molecule has 0 unspecified atom stereocenters. The van der Waals surface area contributed by atoms with Crippen molar-refractivity contribution in [2.75, 3.05) is 24.6 Å². The Labute approximate surface area is 93.7 Å². The van der Waals surface area contributed by atoms with E-state index < -0.39 is 0 Å². The maximum Gasteiger partial charge on any atom is 0.0170 e. The van der Waals surface area contributed by atoms with E-state index in [2.05, 4.69) is 32.7 Å². The smallest absolute Gasteiger partial charge is 0.0170 e. The highest BCUT2D eigenvalue weighted by Gasteiger charge is 1.96. The average Bonchev–Trinajstić information content (AvgIpc) is 2.13. The quantitative estimate of drug-likeness (QED) is 0.468. The van der Waals surface area contributed by atoms with Gasteiger partial charge < -0.3 is 5.32 Å². The van der Waals surface area contributed by atoms with Gasteiger partial charge in [0.2, 0.25) is 0 Å². The van der Waals surface area contributed by atoms with E-state index >= 15 is 0 Å². The fourth-order valence-electron chi connectivity index (χ4n) is 1.03. The molecule has 0 aromatic heterocycles. The van der Waals surface area contributed by atoms with Gasteiger partial charge in [-0.1, -0.05) is 32.9 Å². The summed E-state index contributed by atoms with van der Waals surface area (Å²) in [6.45, 7) is 12.9. The van der Waals surface area contributed by atoms with E-state index in [9.17, 15) is 0 Å². The minimum atomic E-state index is 0.828. The second kappa shape index (κ2) is 9.60. The van der Waals surface area contributed by atoms with Crippen LogP contribution in [0.15, 0.2) is 12.2 Å². The Morgan fingerprint density at radius 1 is 1.43 bits per heavy atom. The van der Waals surface area contributed by atoms with Crippen LogP contribution >= 0.6 is 11.8 Å². The van der Waals surface area contributed by atoms with Crippen LogP contribution in [-0.2, 0) is 0 Å². The molecular weight excluding hydrogens is 190 g/mol. The molecule has 0 aliphatic rings. The van der Waals surface area contributed by atoms with Gasteiger partial charge in [0.15, 0.2) is 0 Å². The zero-order valence-corrected chi connectivity index (χ0v) is 10.8. The van der Waals surface area contributed by atoms with Crippen LogP contribution < -0.4 is 5.32 Å². The summed E-state index contributed by atoms with van der Waals surface area (Å²) in [5.74, 6) is 3.21. The largest absolute Gasteiger partial charge is 0.313 e. The summed E-state index contributed by atoms with van der Waals surface area (Å²) in [7, 11) is 0. The maximum absolute atomic E-state index is 4.06. The second-order valence-electron chi connectivity index (χ2n) is 4.16. The molecule has 0 aliphatic carbocycles. The van der Waals surface area contributed by atoms with Crippen molar-refractivity contribution < 1.29 is 0 Å². The number of hydrogen-bond acceptors (Lipinski definition) is 2. The van der Waals surface area contributed by atoms with Gasteiger partial charge in [-0.05, 0) is 31.1 Å². The molecule has 0 radical (unpaired) electrons. The summed E-state index contributed by atoms with van der Waals surface area (Å²) in [5, 5.41) is 3.37. The highest BCUT2D eigenvalue weighted by molar-refractivity contribution is 7.99. The van der Waals surface area contributed by atoms with E-state index in [1.165, 1.54) is 24.2 Å². The predicted octanol–water partition coefficient (Wildman–Crippen LogP) is 3.32. The Hall–Kier alpha value is 0.0500. The zero-order valence-electron chi connectivity index (χ0n) is 9.94. The minimum absolute atomic E-state index is 0.828. The Morgan fingerprint density at radius 3 is 2.71 bits per heavy atom. The van der Waals surface area contributed by atoms with Gasteiger partial charge in [-0.15, -0.1) is 0 Å². The Morgan fingerprint density at radius 2 is 2.14 bits per heavy atom. The van der Waals surface area contributed by atoms with Gasteiger partial charge in [0, 0.05) is 12.3 Å². The predicted molar refractivity (Wildman–Crippen MR) is 69.1 cm³/mol. The summed E-state index contributed by atoms with van der Waals surface area (Å²) in [5.41, 5.74) is 1.33. The summed E-state index contributed by atoms with van der Waals surface area (Å²) < 4.78 is 0. The molecule has 0 bridgehead atoms. The fraction of sp³-hybridized carbons (Fsp3) is 0.833. The standard InChI is InChI=1S/C12H25NS/c1-5-7-13-9-12(4)10-14-8-6-11(2)3/h11,13H,4-10H2,1-3H3. The van der Waals surface area contributed by atoms with Crippen LogP contribution in [0.5, 0.6) is 0 Å². The minimum Gasteiger partial charge on any atom is -0.313 e. The van der Waals surface area contributed by atoms with Crippen LogP contribution in [0.1, 0.15) is 33.6 Å². The van der Waals surface area contributed by atoms with Gasteiger partial charge in [0.25, 0.3) is 0 Å². The molecule has 1 nitrogen and oxygen atoms in total. The van der Waals surface area contributed by atoms with Crippen molar-refractivity contribution in [1.29, 1.82) is 0 Å². The molecule has 14 heavy (non-hydrogen) atoms. The lowest BCUT2D eigenvalue weighted by Crippen LogP contribution is -2.18. The van der Waals surface area contributed by atoms with Crippen molar-refractivity contribution in [3.05, 3.63) is 12.2 Å². The second-order valence-corrected chi connectivity index (χ2v) is 5.27. The third kappa shape index (κ3) is 10.1. The summed E-state index contributed by atoms with van der Waals surface area (Å²) in [6, 6.07) is 0. The molecule has 0 saturated carbocycles. The van der Waals surface area contributed by atoms with Gasteiger partial charge in [0.1, 0.15) is 0 Å². The first-order valence-electron chi connectivity index (χ1n) is 5.62. The van der Waals surface area contributed by atoms with Crippen molar-refractivity contribution in [2.45, 2.75) is 33.6 Å². The van der Waals surface area contributed by atoms with Gasteiger partial charge in [-0.3, -0.25) is 0 Å². The Kier molecular flexibility index (Phi) is 9.63. The molecule has 0 rings (SSSR count). The van der Waals surface area contributed by atoms with Crippen molar-refractivity contribution >= 4 is 11.8 Å². The lowest BCUT2D eigenvalue weighted by Gasteiger charge is -2.07. The molecular formula is C12H25NS. The molecule has 0 saturated heterocycles. The van der Waals surface area contributed by atoms with E-state index in [4.69, 9.17) is 0 Å². The van der Waals surface area contributed by atoms with Crippen molar-refractivity contribution in [3.63, 3.8) is 0 Å². The third-order valence-corrected chi connectivity index (χ3v) is 3.08. The summed E-state index contributed by atoms with van der Waals surface area (Å²) in [4.78, 5) is 0. The Balaban J connectivity index is 3.18. The molecule has 0 fully saturated rings. The van der Waals surface area contributed by atoms with Gasteiger partial charge in [-0.2, -0.15) is 11.8 Å². The van der Waals surface area contributed by atoms with Crippen LogP contribution in [0.4, 0.5) is 0 Å². The highest BCUT2D eigenvalue weighted by atomic mass is 32.2. The molecule has 2 heteroatoms. The molecule has 1 N–H and O–H groups in total. The maximum atomic E-state index is 4.06. The monoisotopic (exact) mass is 215 g/mol. The van der Waals surface area contributed by atoms with Crippen LogP contribution in [0.3, 0.4) is 0 Å². The summed E-state index contributed by atoms with van der Waals surface area (Å²) >= 11 is 2.01. The Bertz CT molecular complexity index is 143. The molecule has 0 atom stereocenters. The third-order valence-electron chi connectivity index (χ3n) is 1.95. The summed E-state index contributed by atoms with van der Waals surface area (Å²) in [6.07, 6.45) is 2.52. The van der Waals surface area contributed by atoms with Crippen molar-refractivity contribution in [3.8, 4) is 0 Å². The first kappa shape index (κ1) is 14.1. The lowest BCUT2D eigenvalue weighted by atomic mass is 10.2. The van der Waals surface area contributed by atoms with E-state index in [1.807, 2.05) is 11.8 Å². The van der Waals surface area contributed by atoms with E-state index in [0.29, 0.717) is 0 Å². The topological polar surface area (TPSA) is 12.0 Å². The number of thioether (sulfide) groups is 1. The first-order valence-corrected chi connectivity index (χ1v) is 6.77. The molecule has 0 aromatic rings. The molecule has 0 amide bonds. The van der Waals surface area contributed by atoms with E-state index in [0.717, 1.165) is 24.8 Å². The average molecular weight is 215 g/mol. The molecule has 0 aliphatic heterocycles. The van der Waals surface area contributed by atoms with Crippen LogP contribution in [0.2, 0.25) is 0 Å².